The van der Waals surface area contributed by atoms with Gasteiger partial charge in [-0.25, -0.2) is 0 Å². The zero-order chi connectivity index (χ0) is 17.8. The minimum absolute atomic E-state index is 0. The number of carbonyl (C=O) groups excluding carboxylic acids is 1. The van der Waals surface area contributed by atoms with E-state index in [1.165, 1.54) is 5.56 Å². The maximum atomic E-state index is 12.2. The number of rotatable bonds is 6. The maximum absolute atomic E-state index is 12.2. The maximum Gasteiger partial charge on any atom is 0.220 e. The highest BCUT2D eigenvalue weighted by Gasteiger charge is 2.26. The molecule has 3 N–H and O–H groups in total. The highest BCUT2D eigenvalue weighted by Crippen LogP contribution is 2.26. The second-order valence-electron chi connectivity index (χ2n) is 7.13. The van der Waals surface area contributed by atoms with Gasteiger partial charge in [0.25, 0.3) is 0 Å². The minimum Gasteiger partial charge on any atom is -0.352 e. The van der Waals surface area contributed by atoms with Crippen molar-refractivity contribution in [1.82, 2.24) is 15.1 Å². The first-order valence-electron chi connectivity index (χ1n) is 9.13. The number of nitrogens with one attached hydrogen (secondary N) is 1. The number of carbonyl (C=O) groups is 1. The van der Waals surface area contributed by atoms with Crippen LogP contribution in [-0.2, 0) is 17.9 Å². The van der Waals surface area contributed by atoms with Crippen molar-refractivity contribution in [3.05, 3.63) is 52.8 Å². The fourth-order valence-corrected chi connectivity index (χ4v) is 3.72. The summed E-state index contributed by atoms with van der Waals surface area (Å²) in [6, 6.07) is 10.5. The van der Waals surface area contributed by atoms with Crippen molar-refractivity contribution in [2.24, 2.45) is 11.7 Å². The normalized spacial score (nSPS) is 19.2. The molecule has 0 unspecified atom stereocenters. The van der Waals surface area contributed by atoms with Gasteiger partial charge in [0.2, 0.25) is 5.91 Å². The Morgan fingerprint density at radius 2 is 2.00 bits per heavy atom. The molecular weight excluding hydrogens is 348 g/mol. The van der Waals surface area contributed by atoms with Crippen LogP contribution >= 0.6 is 12.4 Å². The SMILES string of the molecule is Cc1nn(Cc2ccccc2)c(C)c1CNC(=O)C[C@@H]1CCC[C@H]1N.Cl. The molecule has 3 rings (SSSR count). The third-order valence-electron chi connectivity index (χ3n) is 5.33. The van der Waals surface area contributed by atoms with E-state index in [0.717, 1.165) is 42.8 Å². The Hall–Kier alpha value is -1.85. The van der Waals surface area contributed by atoms with Crippen LogP contribution in [0.1, 0.15) is 48.2 Å². The van der Waals surface area contributed by atoms with E-state index in [1.807, 2.05) is 29.8 Å². The second kappa shape index (κ2) is 9.19. The highest BCUT2D eigenvalue weighted by molar-refractivity contribution is 5.85. The molecule has 1 aromatic carbocycles. The van der Waals surface area contributed by atoms with Gasteiger partial charge in [0.1, 0.15) is 0 Å². The van der Waals surface area contributed by atoms with Gasteiger partial charge in [-0.2, -0.15) is 5.10 Å². The van der Waals surface area contributed by atoms with E-state index in [-0.39, 0.29) is 24.4 Å². The van der Waals surface area contributed by atoms with Crippen LogP contribution in [0.2, 0.25) is 0 Å². The molecule has 1 heterocycles. The molecule has 1 aliphatic rings. The number of benzene rings is 1. The molecule has 0 spiro atoms. The summed E-state index contributed by atoms with van der Waals surface area (Å²) in [5, 5.41) is 7.70. The highest BCUT2D eigenvalue weighted by atomic mass is 35.5. The Morgan fingerprint density at radius 3 is 2.65 bits per heavy atom. The van der Waals surface area contributed by atoms with Crippen LogP contribution in [0.3, 0.4) is 0 Å². The molecule has 0 bridgehead atoms. The largest absolute Gasteiger partial charge is 0.352 e. The van der Waals surface area contributed by atoms with Gasteiger partial charge < -0.3 is 11.1 Å². The summed E-state index contributed by atoms with van der Waals surface area (Å²) in [5.74, 6) is 0.431. The van der Waals surface area contributed by atoms with Crippen LogP contribution in [0.4, 0.5) is 0 Å². The number of nitrogens with two attached hydrogens (primary N) is 1. The number of nitrogens with zero attached hydrogens (tertiary/aromatic N) is 2. The van der Waals surface area contributed by atoms with Gasteiger partial charge in [-0.15, -0.1) is 12.4 Å². The average molecular weight is 377 g/mol. The molecule has 6 heteroatoms. The van der Waals surface area contributed by atoms with Gasteiger partial charge in [-0.05, 0) is 38.2 Å². The first-order valence-corrected chi connectivity index (χ1v) is 9.13. The summed E-state index contributed by atoms with van der Waals surface area (Å²) in [5.41, 5.74) is 10.5. The Labute approximate surface area is 161 Å². The quantitative estimate of drug-likeness (QED) is 0.813. The van der Waals surface area contributed by atoms with E-state index in [9.17, 15) is 4.79 Å². The average Bonchev–Trinajstić information content (AvgIpc) is 3.11. The first-order chi connectivity index (χ1) is 12.0. The molecule has 1 aromatic heterocycles. The second-order valence-corrected chi connectivity index (χ2v) is 7.13. The summed E-state index contributed by atoms with van der Waals surface area (Å²) >= 11 is 0. The zero-order valence-corrected chi connectivity index (χ0v) is 16.4. The minimum atomic E-state index is 0. The smallest absolute Gasteiger partial charge is 0.220 e. The molecule has 26 heavy (non-hydrogen) atoms. The van der Waals surface area contributed by atoms with Crippen molar-refractivity contribution in [1.29, 1.82) is 0 Å². The lowest BCUT2D eigenvalue weighted by molar-refractivity contribution is -0.122. The van der Waals surface area contributed by atoms with Crippen molar-refractivity contribution in [3.8, 4) is 0 Å². The number of amides is 1. The predicted molar refractivity (Wildman–Crippen MR) is 106 cm³/mol. The number of aryl methyl sites for hydroxylation is 1. The molecule has 1 fully saturated rings. The Morgan fingerprint density at radius 1 is 1.27 bits per heavy atom. The molecule has 0 saturated heterocycles. The molecule has 1 saturated carbocycles. The molecule has 2 aromatic rings. The summed E-state index contributed by atoms with van der Waals surface area (Å²) in [6.45, 7) is 5.35. The zero-order valence-electron chi connectivity index (χ0n) is 15.6. The van der Waals surface area contributed by atoms with Gasteiger partial charge in [0.15, 0.2) is 0 Å². The lowest BCUT2D eigenvalue weighted by Gasteiger charge is -2.14. The Bertz CT molecular complexity index is 729. The summed E-state index contributed by atoms with van der Waals surface area (Å²) in [4.78, 5) is 12.2. The summed E-state index contributed by atoms with van der Waals surface area (Å²) in [6.07, 6.45) is 3.80. The predicted octanol–water partition coefficient (Wildman–Crippen LogP) is 3.10. The van der Waals surface area contributed by atoms with Crippen LogP contribution < -0.4 is 11.1 Å². The molecule has 2 atom stereocenters. The fraction of sp³-hybridized carbons (Fsp3) is 0.500. The standard InChI is InChI=1S/C20H28N4O.ClH/c1-14-18(12-22-20(25)11-17-9-6-10-19(17)21)15(2)24(23-14)13-16-7-4-3-5-8-16;/h3-5,7-8,17,19H,6,9-13,21H2,1-2H3,(H,22,25);1H/t17-,19+;/m0./s1. The van der Waals surface area contributed by atoms with E-state index in [0.29, 0.717) is 18.9 Å². The molecule has 5 nitrogen and oxygen atoms in total. The number of hydrogen-bond acceptors (Lipinski definition) is 3. The number of hydrogen-bond donors (Lipinski definition) is 2. The van der Waals surface area contributed by atoms with Crippen LogP contribution in [0.15, 0.2) is 30.3 Å². The monoisotopic (exact) mass is 376 g/mol. The molecule has 142 valence electrons. The van der Waals surface area contributed by atoms with Gasteiger partial charge in [0, 0.05) is 30.3 Å². The van der Waals surface area contributed by atoms with Gasteiger partial charge in [-0.1, -0.05) is 36.8 Å². The van der Waals surface area contributed by atoms with Crippen LogP contribution in [0, 0.1) is 19.8 Å². The molecule has 0 aliphatic heterocycles. The van der Waals surface area contributed by atoms with Crippen molar-refractivity contribution in [3.63, 3.8) is 0 Å². The van der Waals surface area contributed by atoms with Gasteiger partial charge in [0.05, 0.1) is 12.2 Å². The summed E-state index contributed by atoms with van der Waals surface area (Å²) in [7, 11) is 0. The number of aromatic nitrogens is 2. The molecule has 1 aliphatic carbocycles. The topological polar surface area (TPSA) is 72.9 Å². The van der Waals surface area contributed by atoms with Crippen LogP contribution in [-0.4, -0.2) is 21.7 Å². The van der Waals surface area contributed by atoms with Crippen molar-refractivity contribution < 1.29 is 4.79 Å². The van der Waals surface area contributed by atoms with Gasteiger partial charge >= 0.3 is 0 Å². The lowest BCUT2D eigenvalue weighted by Crippen LogP contribution is -2.31. The first kappa shape index (κ1) is 20.5. The van der Waals surface area contributed by atoms with Crippen LogP contribution in [0.25, 0.3) is 0 Å². The van der Waals surface area contributed by atoms with Crippen LogP contribution in [0.5, 0.6) is 0 Å². The number of halogens is 1. The molecular formula is C20H29ClN4O. The van der Waals surface area contributed by atoms with E-state index in [1.54, 1.807) is 0 Å². The molecule has 0 radical (unpaired) electrons. The Kier molecular flexibility index (Phi) is 7.23. The van der Waals surface area contributed by atoms with Crippen molar-refractivity contribution >= 4 is 18.3 Å². The Balaban J connectivity index is 0.00000243. The summed E-state index contributed by atoms with van der Waals surface area (Å²) < 4.78 is 2.01. The van der Waals surface area contributed by atoms with E-state index in [2.05, 4.69) is 29.5 Å². The molecule has 1 amide bonds. The van der Waals surface area contributed by atoms with E-state index in [4.69, 9.17) is 5.73 Å². The lowest BCUT2D eigenvalue weighted by atomic mass is 10.00. The third kappa shape index (κ3) is 4.86. The van der Waals surface area contributed by atoms with Gasteiger partial charge in [-0.3, -0.25) is 9.48 Å². The van der Waals surface area contributed by atoms with Crippen molar-refractivity contribution in [2.45, 2.75) is 58.7 Å². The van der Waals surface area contributed by atoms with E-state index >= 15 is 0 Å². The van der Waals surface area contributed by atoms with E-state index < -0.39 is 0 Å². The third-order valence-corrected chi connectivity index (χ3v) is 5.33. The fourth-order valence-electron chi connectivity index (χ4n) is 3.72. The van der Waals surface area contributed by atoms with Crippen molar-refractivity contribution in [2.75, 3.05) is 0 Å².